The van der Waals surface area contributed by atoms with Gasteiger partial charge in [0, 0.05) is 18.7 Å². The minimum atomic E-state index is -0.629. The summed E-state index contributed by atoms with van der Waals surface area (Å²) in [5.41, 5.74) is 3.06. The number of fused-ring (bicyclic) bond motifs is 1. The molecule has 2 aromatic rings. The highest BCUT2D eigenvalue weighted by atomic mass is 16.5. The first-order valence-corrected chi connectivity index (χ1v) is 10.8. The molecule has 2 amide bonds. The second-order valence-electron chi connectivity index (χ2n) is 8.66. The lowest BCUT2D eigenvalue weighted by atomic mass is 9.99. The minimum Gasteiger partial charge on any atom is -0.491 e. The van der Waals surface area contributed by atoms with Gasteiger partial charge < -0.3 is 19.9 Å². The number of hydrogen-bond donors (Lipinski definition) is 1. The van der Waals surface area contributed by atoms with Crippen LogP contribution >= 0.6 is 0 Å². The van der Waals surface area contributed by atoms with Crippen molar-refractivity contribution in [1.82, 2.24) is 15.1 Å². The molecule has 0 aliphatic carbocycles. The summed E-state index contributed by atoms with van der Waals surface area (Å²) in [4.78, 5) is 30.2. The number of nitrogens with one attached hydrogen (secondary N) is 1. The Morgan fingerprint density at radius 1 is 1.13 bits per heavy atom. The first-order chi connectivity index (χ1) is 14.8. The zero-order valence-electron chi connectivity index (χ0n) is 19.1. The molecule has 0 saturated heterocycles. The van der Waals surface area contributed by atoms with Gasteiger partial charge >= 0.3 is 0 Å². The summed E-state index contributed by atoms with van der Waals surface area (Å²) < 4.78 is 6.00. The van der Waals surface area contributed by atoms with Gasteiger partial charge in [0.2, 0.25) is 11.8 Å². The van der Waals surface area contributed by atoms with Crippen LogP contribution < -0.4 is 10.1 Å². The van der Waals surface area contributed by atoms with Crippen LogP contribution in [0.3, 0.4) is 0 Å². The van der Waals surface area contributed by atoms with Gasteiger partial charge in [-0.25, -0.2) is 0 Å². The van der Waals surface area contributed by atoms with Crippen molar-refractivity contribution >= 4 is 11.8 Å². The van der Waals surface area contributed by atoms with E-state index in [1.54, 1.807) is 6.92 Å². The van der Waals surface area contributed by atoms with Gasteiger partial charge in [-0.05, 0) is 46.5 Å². The highest BCUT2D eigenvalue weighted by molar-refractivity contribution is 5.90. The fourth-order valence-corrected chi connectivity index (χ4v) is 3.85. The topological polar surface area (TPSA) is 61.9 Å². The van der Waals surface area contributed by atoms with E-state index >= 15 is 0 Å². The van der Waals surface area contributed by atoms with Gasteiger partial charge in [0.15, 0.2) is 0 Å². The van der Waals surface area contributed by atoms with E-state index in [0.29, 0.717) is 19.7 Å². The molecule has 0 spiro atoms. The van der Waals surface area contributed by atoms with Gasteiger partial charge in [0.25, 0.3) is 0 Å². The smallest absolute Gasteiger partial charge is 0.245 e. The lowest BCUT2D eigenvalue weighted by molar-refractivity contribution is -0.139. The van der Waals surface area contributed by atoms with Crippen LogP contribution in [0.2, 0.25) is 0 Å². The molecule has 166 valence electrons. The summed E-state index contributed by atoms with van der Waals surface area (Å²) in [5.74, 6) is 0.227. The lowest BCUT2D eigenvalue weighted by Crippen LogP contribution is -2.54. The second-order valence-corrected chi connectivity index (χ2v) is 8.66. The summed E-state index contributed by atoms with van der Waals surface area (Å²) in [5, 5.41) is 2.92. The maximum absolute atomic E-state index is 13.4. The van der Waals surface area contributed by atoms with E-state index < -0.39 is 6.04 Å². The van der Waals surface area contributed by atoms with Crippen molar-refractivity contribution in [2.75, 3.05) is 27.2 Å². The standard InChI is InChI=1S/C25H33N3O3/c1-17-10-12-20(13-11-17)18(2)24(29)26-19(3)25(30)28-14-21-8-6-7-9-23(21)31-16-22(28)15-27(4)5/h6-13,18-19,22H,14-16H2,1-5H3,(H,26,29)/t18-,19-,22-/m0/s1. The summed E-state index contributed by atoms with van der Waals surface area (Å²) in [6.45, 7) is 7.19. The van der Waals surface area contributed by atoms with Crippen molar-refractivity contribution in [1.29, 1.82) is 0 Å². The number of carbonyl (C=O) groups is 2. The van der Waals surface area contributed by atoms with Gasteiger partial charge in [-0.15, -0.1) is 0 Å². The molecule has 0 aromatic heterocycles. The number of ether oxygens (including phenoxy) is 1. The van der Waals surface area contributed by atoms with Gasteiger partial charge in [0.05, 0.1) is 12.0 Å². The molecule has 0 saturated carbocycles. The molecule has 3 atom stereocenters. The predicted molar refractivity (Wildman–Crippen MR) is 122 cm³/mol. The third-order valence-electron chi connectivity index (χ3n) is 5.74. The summed E-state index contributed by atoms with van der Waals surface area (Å²) in [6.07, 6.45) is 0. The Bertz CT molecular complexity index is 910. The Morgan fingerprint density at radius 3 is 2.48 bits per heavy atom. The van der Waals surface area contributed by atoms with E-state index in [9.17, 15) is 9.59 Å². The van der Waals surface area contributed by atoms with Crippen molar-refractivity contribution in [3.63, 3.8) is 0 Å². The molecular formula is C25H33N3O3. The Kier molecular flexibility index (Phi) is 7.33. The Morgan fingerprint density at radius 2 is 1.81 bits per heavy atom. The van der Waals surface area contributed by atoms with Crippen molar-refractivity contribution in [3.05, 3.63) is 65.2 Å². The molecule has 31 heavy (non-hydrogen) atoms. The Labute approximate surface area is 185 Å². The van der Waals surface area contributed by atoms with E-state index in [1.807, 2.05) is 86.3 Å². The van der Waals surface area contributed by atoms with Crippen LogP contribution in [0.15, 0.2) is 48.5 Å². The van der Waals surface area contributed by atoms with E-state index in [-0.39, 0.29) is 23.8 Å². The Balaban J connectivity index is 1.74. The molecule has 3 rings (SSSR count). The highest BCUT2D eigenvalue weighted by Gasteiger charge is 2.32. The van der Waals surface area contributed by atoms with Crippen LogP contribution in [0, 0.1) is 6.92 Å². The quantitative estimate of drug-likeness (QED) is 0.776. The third kappa shape index (κ3) is 5.64. The molecular weight excluding hydrogens is 390 g/mol. The number of hydrogen-bond acceptors (Lipinski definition) is 4. The maximum atomic E-state index is 13.4. The molecule has 0 bridgehead atoms. The average Bonchev–Trinajstić information content (AvgIpc) is 2.92. The number of benzene rings is 2. The molecule has 6 nitrogen and oxygen atoms in total. The van der Waals surface area contributed by atoms with Crippen LogP contribution in [-0.4, -0.2) is 60.9 Å². The van der Waals surface area contributed by atoms with E-state index in [4.69, 9.17) is 4.74 Å². The molecule has 1 aliphatic heterocycles. The molecule has 0 fully saturated rings. The summed E-state index contributed by atoms with van der Waals surface area (Å²) in [7, 11) is 3.96. The summed E-state index contributed by atoms with van der Waals surface area (Å²) in [6, 6.07) is 15.0. The number of rotatable bonds is 6. The van der Waals surface area contributed by atoms with Crippen LogP contribution in [0.1, 0.15) is 36.5 Å². The van der Waals surface area contributed by atoms with E-state index in [1.165, 1.54) is 0 Å². The van der Waals surface area contributed by atoms with Gasteiger partial charge in [0.1, 0.15) is 18.4 Å². The molecule has 0 radical (unpaired) electrons. The second kappa shape index (κ2) is 9.96. The molecule has 0 unspecified atom stereocenters. The fraction of sp³-hybridized carbons (Fsp3) is 0.440. The largest absolute Gasteiger partial charge is 0.491 e. The van der Waals surface area contributed by atoms with Crippen LogP contribution in [-0.2, 0) is 16.1 Å². The van der Waals surface area contributed by atoms with E-state index in [0.717, 1.165) is 22.4 Å². The summed E-state index contributed by atoms with van der Waals surface area (Å²) >= 11 is 0. The Hall–Kier alpha value is -2.86. The SMILES string of the molecule is Cc1ccc([C@H](C)C(=O)N[C@@H](C)C(=O)N2Cc3ccccc3OC[C@@H]2CN(C)C)cc1. The molecule has 1 heterocycles. The average molecular weight is 424 g/mol. The fourth-order valence-electron chi connectivity index (χ4n) is 3.85. The van der Waals surface area contributed by atoms with Crippen molar-refractivity contribution < 1.29 is 14.3 Å². The van der Waals surface area contributed by atoms with Gasteiger partial charge in [-0.3, -0.25) is 9.59 Å². The number of nitrogens with zero attached hydrogens (tertiary/aromatic N) is 2. The maximum Gasteiger partial charge on any atom is 0.245 e. The molecule has 2 aromatic carbocycles. The number of aryl methyl sites for hydroxylation is 1. The minimum absolute atomic E-state index is 0.100. The van der Waals surface area contributed by atoms with Crippen molar-refractivity contribution in [3.8, 4) is 5.75 Å². The first kappa shape index (κ1) is 22.8. The molecule has 6 heteroatoms. The van der Waals surface area contributed by atoms with Crippen LogP contribution in [0.4, 0.5) is 0 Å². The number of carbonyl (C=O) groups excluding carboxylic acids is 2. The number of likely N-dealkylation sites (N-methyl/N-ethyl adjacent to an activating group) is 1. The van der Waals surface area contributed by atoms with Crippen LogP contribution in [0.25, 0.3) is 0 Å². The number of para-hydroxylation sites is 1. The number of amides is 2. The van der Waals surface area contributed by atoms with Crippen LogP contribution in [0.5, 0.6) is 5.75 Å². The van der Waals surface area contributed by atoms with Gasteiger partial charge in [-0.1, -0.05) is 48.0 Å². The van der Waals surface area contributed by atoms with Crippen molar-refractivity contribution in [2.24, 2.45) is 0 Å². The normalized spacial score (nSPS) is 17.9. The van der Waals surface area contributed by atoms with Gasteiger partial charge in [-0.2, -0.15) is 0 Å². The lowest BCUT2D eigenvalue weighted by Gasteiger charge is -2.33. The molecule has 1 aliphatic rings. The molecule has 1 N–H and O–H groups in total. The zero-order valence-corrected chi connectivity index (χ0v) is 19.1. The van der Waals surface area contributed by atoms with Crippen molar-refractivity contribution in [2.45, 2.75) is 45.3 Å². The predicted octanol–water partition coefficient (Wildman–Crippen LogP) is 2.95. The van der Waals surface area contributed by atoms with E-state index in [2.05, 4.69) is 5.32 Å². The monoisotopic (exact) mass is 423 g/mol. The zero-order chi connectivity index (χ0) is 22.5. The highest BCUT2D eigenvalue weighted by Crippen LogP contribution is 2.25. The third-order valence-corrected chi connectivity index (χ3v) is 5.74. The first-order valence-electron chi connectivity index (χ1n) is 10.8.